The largest absolute Gasteiger partial charge is 0.507 e. The predicted octanol–water partition coefficient (Wildman–Crippen LogP) is 8.42. The number of hydrazone groups is 1. The molecule has 0 saturated heterocycles. The lowest BCUT2D eigenvalue weighted by Gasteiger charge is -2.24. The Hall–Kier alpha value is -3.39. The number of aromatic hydroxyl groups is 1. The molecule has 1 unspecified atom stereocenters. The second-order valence-electron chi connectivity index (χ2n) is 8.74. The van der Waals surface area contributed by atoms with Crippen molar-refractivity contribution in [2.24, 2.45) is 10.1 Å². The normalized spacial score (nSPS) is 18.5. The maximum Gasteiger partial charge on any atom is 0.311 e. The van der Waals surface area contributed by atoms with Gasteiger partial charge in [0, 0.05) is 21.5 Å². The maximum atomic E-state index is 12.5. The molecule has 182 valence electrons. The molecule has 4 aromatic rings. The maximum absolute atomic E-state index is 12.5. The lowest BCUT2D eigenvalue weighted by atomic mass is 9.97. The van der Waals surface area contributed by atoms with Gasteiger partial charge in [0.2, 0.25) is 0 Å². The molecule has 0 bridgehead atoms. The highest BCUT2D eigenvalue weighted by Crippen LogP contribution is 2.40. The number of aliphatic imine (C=N–C) groups is 1. The zero-order valence-electron chi connectivity index (χ0n) is 19.3. The van der Waals surface area contributed by atoms with Crippen molar-refractivity contribution in [1.82, 2.24) is 5.01 Å². The average molecular weight is 589 g/mol. The Morgan fingerprint density at radius 2 is 1.78 bits per heavy atom. The quantitative estimate of drug-likeness (QED) is 0.261. The molecule has 1 atom stereocenters. The number of fused-ring (bicyclic) bond motifs is 1. The number of amides is 1. The molecule has 0 fully saturated rings. The molecule has 2 aliphatic rings. The van der Waals surface area contributed by atoms with Crippen molar-refractivity contribution in [3.8, 4) is 5.75 Å². The van der Waals surface area contributed by atoms with Crippen LogP contribution in [0.15, 0.2) is 104 Å². The number of carbonyl (C=O) groups is 1. The standard InChI is InChI=1S/C29H19BrClN3O2S/c30-22-9-12-26(35)21(14-22)15-27-28(32-29(36)37-27)34-25(18-7-10-23(31)11-8-18)16-24(33-34)20-6-5-17-3-1-2-4-19(17)13-20/h1-15,25,35H,16H2/b27-15-. The third-order valence-electron chi connectivity index (χ3n) is 6.36. The number of phenols is 1. The summed E-state index contributed by atoms with van der Waals surface area (Å²) < 4.78 is 0.821. The summed E-state index contributed by atoms with van der Waals surface area (Å²) in [5.74, 6) is 0.580. The molecule has 0 aliphatic carbocycles. The minimum Gasteiger partial charge on any atom is -0.507 e. The molecular weight excluding hydrogens is 570 g/mol. The van der Waals surface area contributed by atoms with Crippen LogP contribution in [0.5, 0.6) is 5.75 Å². The van der Waals surface area contributed by atoms with E-state index in [-0.39, 0.29) is 17.0 Å². The van der Waals surface area contributed by atoms with E-state index in [1.165, 1.54) is 0 Å². The first kappa shape index (κ1) is 24.0. The van der Waals surface area contributed by atoms with Crippen LogP contribution in [0, 0.1) is 0 Å². The van der Waals surface area contributed by atoms with Gasteiger partial charge in [0.25, 0.3) is 0 Å². The molecular formula is C29H19BrClN3O2S. The number of hydrogen-bond donors (Lipinski definition) is 1. The number of phenolic OH excluding ortho intramolecular Hbond substituents is 1. The summed E-state index contributed by atoms with van der Waals surface area (Å²) in [7, 11) is 0. The zero-order valence-corrected chi connectivity index (χ0v) is 22.5. The van der Waals surface area contributed by atoms with Crippen molar-refractivity contribution in [3.05, 3.63) is 116 Å². The number of amidine groups is 1. The van der Waals surface area contributed by atoms with Gasteiger partial charge in [-0.15, -0.1) is 0 Å². The lowest BCUT2D eigenvalue weighted by Crippen LogP contribution is -2.26. The Labute approximate surface area is 231 Å². The van der Waals surface area contributed by atoms with Gasteiger partial charge < -0.3 is 5.11 Å². The van der Waals surface area contributed by atoms with E-state index in [9.17, 15) is 9.90 Å². The number of carbonyl (C=O) groups excluding carboxylic acids is 1. The summed E-state index contributed by atoms with van der Waals surface area (Å²) in [6.07, 6.45) is 2.41. The first-order chi connectivity index (χ1) is 17.9. The summed E-state index contributed by atoms with van der Waals surface area (Å²) in [5, 5.41) is 19.9. The van der Waals surface area contributed by atoms with Crippen LogP contribution in [0.25, 0.3) is 16.8 Å². The highest BCUT2D eigenvalue weighted by Gasteiger charge is 2.37. The third-order valence-corrected chi connectivity index (χ3v) is 7.89. The molecule has 5 nitrogen and oxygen atoms in total. The average Bonchev–Trinajstić information content (AvgIpc) is 3.50. The molecule has 8 heteroatoms. The van der Waals surface area contributed by atoms with Crippen LogP contribution in [0.4, 0.5) is 4.79 Å². The summed E-state index contributed by atoms with van der Waals surface area (Å²) in [6, 6.07) is 27.2. The van der Waals surface area contributed by atoms with Crippen molar-refractivity contribution >= 4 is 72.9 Å². The molecule has 0 saturated carbocycles. The predicted molar refractivity (Wildman–Crippen MR) is 155 cm³/mol. The van der Waals surface area contributed by atoms with Crippen LogP contribution in [0.1, 0.15) is 29.2 Å². The zero-order chi connectivity index (χ0) is 25.5. The number of benzene rings is 4. The third kappa shape index (κ3) is 4.82. The number of hydrogen-bond acceptors (Lipinski definition) is 5. The van der Waals surface area contributed by atoms with Gasteiger partial charge in [0.05, 0.1) is 16.7 Å². The number of thioether (sulfide) groups is 1. The molecule has 4 aromatic carbocycles. The Kier molecular flexibility index (Phi) is 6.36. The molecule has 37 heavy (non-hydrogen) atoms. The fourth-order valence-electron chi connectivity index (χ4n) is 4.54. The van der Waals surface area contributed by atoms with E-state index in [1.807, 2.05) is 41.4 Å². The van der Waals surface area contributed by atoms with E-state index >= 15 is 0 Å². The topological polar surface area (TPSA) is 65.3 Å². The monoisotopic (exact) mass is 587 g/mol. The minimum absolute atomic E-state index is 0.117. The van der Waals surface area contributed by atoms with Crippen LogP contribution in [-0.2, 0) is 0 Å². The van der Waals surface area contributed by atoms with Gasteiger partial charge in [0.15, 0.2) is 5.84 Å². The summed E-state index contributed by atoms with van der Waals surface area (Å²) in [4.78, 5) is 17.5. The molecule has 0 radical (unpaired) electrons. The number of rotatable bonds is 3. The fraction of sp³-hybridized carbons (Fsp3) is 0.0690. The minimum atomic E-state index is -0.319. The Bertz CT molecular complexity index is 1650. The van der Waals surface area contributed by atoms with Crippen LogP contribution < -0.4 is 0 Å². The van der Waals surface area contributed by atoms with Gasteiger partial charge in [0.1, 0.15) is 5.75 Å². The summed E-state index contributed by atoms with van der Waals surface area (Å²) >= 11 is 10.6. The smallest absolute Gasteiger partial charge is 0.311 e. The van der Waals surface area contributed by atoms with Crippen molar-refractivity contribution in [2.45, 2.75) is 12.5 Å². The van der Waals surface area contributed by atoms with Gasteiger partial charge in [-0.25, -0.2) is 5.01 Å². The highest BCUT2D eigenvalue weighted by molar-refractivity contribution is 9.10. The van der Waals surface area contributed by atoms with Crippen molar-refractivity contribution in [2.75, 3.05) is 0 Å². The van der Waals surface area contributed by atoms with Crippen molar-refractivity contribution < 1.29 is 9.90 Å². The van der Waals surface area contributed by atoms with E-state index in [2.05, 4.69) is 51.3 Å². The molecule has 2 aliphatic heterocycles. The lowest BCUT2D eigenvalue weighted by molar-refractivity contribution is 0.267. The van der Waals surface area contributed by atoms with Gasteiger partial charge >= 0.3 is 5.24 Å². The van der Waals surface area contributed by atoms with Gasteiger partial charge in [-0.05, 0) is 76.1 Å². The Morgan fingerprint density at radius 3 is 2.59 bits per heavy atom. The van der Waals surface area contributed by atoms with Gasteiger partial charge in [-0.1, -0.05) is 76.1 Å². The van der Waals surface area contributed by atoms with E-state index in [4.69, 9.17) is 16.7 Å². The van der Waals surface area contributed by atoms with Crippen LogP contribution in [0.2, 0.25) is 5.02 Å². The molecule has 1 N–H and O–H groups in total. The Balaban J connectivity index is 1.45. The molecule has 6 rings (SSSR count). The van der Waals surface area contributed by atoms with E-state index in [0.29, 0.717) is 27.7 Å². The second kappa shape index (κ2) is 9.82. The number of halogens is 2. The summed E-state index contributed by atoms with van der Waals surface area (Å²) in [5.41, 5.74) is 3.52. The number of nitrogens with zero attached hydrogens (tertiary/aromatic N) is 3. The second-order valence-corrected chi connectivity index (χ2v) is 11.1. The Morgan fingerprint density at radius 1 is 1.00 bits per heavy atom. The molecule has 0 aromatic heterocycles. The van der Waals surface area contributed by atoms with Crippen molar-refractivity contribution in [1.29, 1.82) is 0 Å². The highest BCUT2D eigenvalue weighted by atomic mass is 79.9. The van der Waals surface area contributed by atoms with Crippen molar-refractivity contribution in [3.63, 3.8) is 0 Å². The molecule has 0 spiro atoms. The summed E-state index contributed by atoms with van der Waals surface area (Å²) in [6.45, 7) is 0. The first-order valence-corrected chi connectivity index (χ1v) is 13.6. The van der Waals surface area contributed by atoms with E-state index < -0.39 is 0 Å². The van der Waals surface area contributed by atoms with Crippen LogP contribution >= 0.6 is 39.3 Å². The van der Waals surface area contributed by atoms with E-state index in [0.717, 1.165) is 43.8 Å². The van der Waals surface area contributed by atoms with Crippen LogP contribution in [0.3, 0.4) is 0 Å². The first-order valence-electron chi connectivity index (χ1n) is 11.6. The van der Waals surface area contributed by atoms with Gasteiger partial charge in [-0.3, -0.25) is 4.79 Å². The fourth-order valence-corrected chi connectivity index (χ4v) is 5.78. The molecule has 2 heterocycles. The molecule has 1 amide bonds. The van der Waals surface area contributed by atoms with Gasteiger partial charge in [-0.2, -0.15) is 10.1 Å². The SMILES string of the molecule is O=C1N=C(N2N=C(c3ccc4ccccc4c3)CC2c2ccc(Cl)cc2)/C(=C/c2cc(Br)ccc2O)S1. The van der Waals surface area contributed by atoms with Crippen LogP contribution in [-0.4, -0.2) is 26.9 Å². The van der Waals surface area contributed by atoms with E-state index in [1.54, 1.807) is 24.3 Å².